The first-order valence-corrected chi connectivity index (χ1v) is 11.7. The molecule has 2 heterocycles. The number of ether oxygens (including phenoxy) is 2. The Kier molecular flexibility index (Phi) is 6.25. The molecule has 200 valence electrons. The van der Waals surface area contributed by atoms with Gasteiger partial charge in [0.1, 0.15) is 0 Å². The number of H-pyrrole nitrogens is 1. The molecule has 0 fully saturated rings. The Hall–Kier alpha value is -4.87. The van der Waals surface area contributed by atoms with Crippen LogP contribution in [0.1, 0.15) is 32.6 Å². The van der Waals surface area contributed by atoms with Crippen LogP contribution in [0.4, 0.5) is 23.9 Å². The standard InChI is InChI=1S/C27H21F3N4O5/c1-15-7-9-16(10-8-15)14-34-22(35)18-5-3-4-6-19(18)26(34,39-23(36)27(28,29)30)17-11-12-20-21(13-17)32-24(31-20)33-25(37)38-2/h3-13H,14H2,1-2H3,(H2,31,32,33,37). The maximum Gasteiger partial charge on any atom is 0.491 e. The monoisotopic (exact) mass is 538 g/mol. The van der Waals surface area contributed by atoms with Gasteiger partial charge in [0.25, 0.3) is 5.91 Å². The second-order valence-electron chi connectivity index (χ2n) is 8.89. The van der Waals surface area contributed by atoms with E-state index in [2.05, 4.69) is 20.0 Å². The summed E-state index contributed by atoms with van der Waals surface area (Å²) in [5.41, 5.74) is 0.182. The predicted molar refractivity (Wildman–Crippen MR) is 133 cm³/mol. The van der Waals surface area contributed by atoms with Crippen molar-refractivity contribution in [3.05, 3.63) is 94.5 Å². The number of halogens is 3. The van der Waals surface area contributed by atoms with E-state index in [1.807, 2.05) is 6.92 Å². The van der Waals surface area contributed by atoms with Crippen LogP contribution in [0, 0.1) is 6.92 Å². The number of anilines is 1. The van der Waals surface area contributed by atoms with Crippen LogP contribution in [0.5, 0.6) is 0 Å². The summed E-state index contributed by atoms with van der Waals surface area (Å²) in [6, 6.07) is 17.5. The van der Waals surface area contributed by atoms with Crippen LogP contribution in [0.15, 0.2) is 66.7 Å². The third kappa shape index (κ3) is 4.54. The third-order valence-corrected chi connectivity index (χ3v) is 6.36. The van der Waals surface area contributed by atoms with Crippen molar-refractivity contribution in [3.8, 4) is 0 Å². The van der Waals surface area contributed by atoms with E-state index in [-0.39, 0.29) is 29.2 Å². The Labute approximate surface area is 219 Å². The molecular weight excluding hydrogens is 517 g/mol. The molecule has 1 unspecified atom stereocenters. The number of fused-ring (bicyclic) bond motifs is 2. The Morgan fingerprint density at radius 2 is 1.79 bits per heavy atom. The maximum absolute atomic E-state index is 13.7. The topological polar surface area (TPSA) is 114 Å². The average Bonchev–Trinajstić information content (AvgIpc) is 3.41. The minimum atomic E-state index is -5.33. The van der Waals surface area contributed by atoms with E-state index in [0.717, 1.165) is 10.5 Å². The fraction of sp³-hybridized carbons (Fsp3) is 0.185. The number of hydrogen-bond donors (Lipinski definition) is 2. The smallest absolute Gasteiger partial charge is 0.453 e. The first-order chi connectivity index (χ1) is 18.5. The first-order valence-electron chi connectivity index (χ1n) is 11.7. The minimum absolute atomic E-state index is 0.0229. The van der Waals surface area contributed by atoms with Gasteiger partial charge in [-0.15, -0.1) is 0 Å². The molecule has 0 saturated carbocycles. The summed E-state index contributed by atoms with van der Waals surface area (Å²) >= 11 is 0. The lowest BCUT2D eigenvalue weighted by atomic mass is 9.92. The summed E-state index contributed by atoms with van der Waals surface area (Å²) in [7, 11) is 1.17. The SMILES string of the molecule is COC(=O)Nc1nc2ccc(C3(OC(=O)C(F)(F)F)c4ccccc4C(=O)N3Cc3ccc(C)cc3)cc2[nH]1. The van der Waals surface area contributed by atoms with Gasteiger partial charge in [-0.3, -0.25) is 15.0 Å². The zero-order valence-corrected chi connectivity index (χ0v) is 20.6. The van der Waals surface area contributed by atoms with Crippen molar-refractivity contribution >= 4 is 35.0 Å². The van der Waals surface area contributed by atoms with Gasteiger partial charge in [0, 0.05) is 16.7 Å². The van der Waals surface area contributed by atoms with Crippen LogP contribution in [-0.4, -0.2) is 46.1 Å². The van der Waals surface area contributed by atoms with E-state index < -0.39 is 29.9 Å². The van der Waals surface area contributed by atoms with Crippen molar-refractivity contribution in [2.75, 3.05) is 12.4 Å². The van der Waals surface area contributed by atoms with Gasteiger partial charge in [0.15, 0.2) is 0 Å². The lowest BCUT2D eigenvalue weighted by Gasteiger charge is -2.39. The molecule has 1 aliphatic rings. The molecule has 0 bridgehead atoms. The molecule has 1 aliphatic heterocycles. The number of carbonyl (C=O) groups excluding carboxylic acids is 3. The van der Waals surface area contributed by atoms with Gasteiger partial charge in [-0.05, 0) is 30.7 Å². The van der Waals surface area contributed by atoms with Crippen molar-refractivity contribution in [2.24, 2.45) is 0 Å². The number of carbonyl (C=O) groups is 3. The van der Waals surface area contributed by atoms with Gasteiger partial charge in [0.05, 0.1) is 24.7 Å². The second kappa shape index (κ2) is 9.46. The summed E-state index contributed by atoms with van der Waals surface area (Å²) in [5.74, 6) is -3.05. The number of rotatable bonds is 5. The minimum Gasteiger partial charge on any atom is -0.453 e. The predicted octanol–water partition coefficient (Wildman–Crippen LogP) is 5.01. The van der Waals surface area contributed by atoms with Gasteiger partial charge >= 0.3 is 18.2 Å². The number of alkyl halides is 3. The molecule has 12 heteroatoms. The summed E-state index contributed by atoms with van der Waals surface area (Å²) in [5, 5.41) is 2.37. The molecule has 0 radical (unpaired) electrons. The molecule has 1 atom stereocenters. The molecule has 0 spiro atoms. The summed E-state index contributed by atoms with van der Waals surface area (Å²) in [6.07, 6.45) is -6.12. The van der Waals surface area contributed by atoms with Crippen LogP contribution in [0.2, 0.25) is 0 Å². The quantitative estimate of drug-likeness (QED) is 0.346. The van der Waals surface area contributed by atoms with Crippen molar-refractivity contribution < 1.29 is 37.0 Å². The summed E-state index contributed by atoms with van der Waals surface area (Å²) in [6.45, 7) is 1.72. The molecule has 39 heavy (non-hydrogen) atoms. The van der Waals surface area contributed by atoms with Gasteiger partial charge in [-0.1, -0.05) is 54.1 Å². The van der Waals surface area contributed by atoms with Crippen LogP contribution in [0.3, 0.4) is 0 Å². The zero-order valence-electron chi connectivity index (χ0n) is 20.6. The highest BCUT2D eigenvalue weighted by molar-refractivity contribution is 6.01. The Bertz CT molecular complexity index is 1600. The molecule has 4 aromatic rings. The molecule has 0 saturated heterocycles. The molecule has 0 aliphatic carbocycles. The summed E-state index contributed by atoms with van der Waals surface area (Å²) < 4.78 is 50.7. The first kappa shape index (κ1) is 25.8. The molecular formula is C27H21F3N4O5. The number of methoxy groups -OCH3 is 1. The fourth-order valence-electron chi connectivity index (χ4n) is 4.56. The number of nitrogens with one attached hydrogen (secondary N) is 2. The molecule has 3 aromatic carbocycles. The van der Waals surface area contributed by atoms with E-state index in [1.165, 1.54) is 37.4 Å². The number of amides is 2. The molecule has 1 aromatic heterocycles. The van der Waals surface area contributed by atoms with Crippen molar-refractivity contribution in [3.63, 3.8) is 0 Å². The van der Waals surface area contributed by atoms with Gasteiger partial charge in [-0.25, -0.2) is 14.6 Å². The number of nitrogens with zero attached hydrogens (tertiary/aromatic N) is 2. The summed E-state index contributed by atoms with van der Waals surface area (Å²) in [4.78, 5) is 45.9. The number of hydrogen-bond acceptors (Lipinski definition) is 6. The van der Waals surface area contributed by atoms with E-state index in [9.17, 15) is 27.6 Å². The van der Waals surface area contributed by atoms with Crippen LogP contribution in [-0.2, 0) is 26.5 Å². The van der Waals surface area contributed by atoms with Crippen LogP contribution in [0.25, 0.3) is 11.0 Å². The molecule has 2 N–H and O–H groups in total. The normalized spacial score (nSPS) is 16.7. The van der Waals surface area contributed by atoms with Crippen molar-refractivity contribution in [2.45, 2.75) is 25.4 Å². The Morgan fingerprint density at radius 3 is 2.49 bits per heavy atom. The van der Waals surface area contributed by atoms with Crippen LogP contribution < -0.4 is 5.32 Å². The lowest BCUT2D eigenvalue weighted by Crippen LogP contribution is -2.49. The number of benzene rings is 3. The number of aromatic amines is 1. The maximum atomic E-state index is 13.7. The van der Waals surface area contributed by atoms with E-state index in [4.69, 9.17) is 4.74 Å². The van der Waals surface area contributed by atoms with Crippen LogP contribution >= 0.6 is 0 Å². The van der Waals surface area contributed by atoms with Gasteiger partial charge in [0.2, 0.25) is 11.7 Å². The molecule has 2 amide bonds. The van der Waals surface area contributed by atoms with E-state index >= 15 is 0 Å². The third-order valence-electron chi connectivity index (χ3n) is 6.36. The molecule has 9 nitrogen and oxygen atoms in total. The van der Waals surface area contributed by atoms with Gasteiger partial charge < -0.3 is 14.5 Å². The van der Waals surface area contributed by atoms with E-state index in [1.54, 1.807) is 36.4 Å². The number of aryl methyl sites for hydroxylation is 1. The van der Waals surface area contributed by atoms with Crippen molar-refractivity contribution in [1.29, 1.82) is 0 Å². The number of esters is 1. The highest BCUT2D eigenvalue weighted by Crippen LogP contribution is 2.47. The fourth-order valence-corrected chi connectivity index (χ4v) is 4.56. The Balaban J connectivity index is 1.72. The van der Waals surface area contributed by atoms with Crippen molar-refractivity contribution in [1.82, 2.24) is 14.9 Å². The highest BCUT2D eigenvalue weighted by Gasteiger charge is 2.57. The molecule has 5 rings (SSSR count). The highest BCUT2D eigenvalue weighted by atomic mass is 19.4. The number of imidazole rings is 1. The van der Waals surface area contributed by atoms with Gasteiger partial charge in [-0.2, -0.15) is 13.2 Å². The average molecular weight is 538 g/mol. The largest absolute Gasteiger partial charge is 0.491 e. The number of aromatic nitrogens is 2. The zero-order chi connectivity index (χ0) is 27.9. The second-order valence-corrected chi connectivity index (χ2v) is 8.89. The van der Waals surface area contributed by atoms with E-state index in [0.29, 0.717) is 16.6 Å². The lowest BCUT2D eigenvalue weighted by molar-refractivity contribution is -0.222. The Morgan fingerprint density at radius 1 is 1.08 bits per heavy atom.